The van der Waals surface area contributed by atoms with Crippen molar-refractivity contribution in [3.05, 3.63) is 75.3 Å². The number of nitriles is 1. The Bertz CT molecular complexity index is 904. The lowest BCUT2D eigenvalue weighted by molar-refractivity contribution is -0.118. The number of carbonyl (C=O) groups excluding carboxylic acids is 1. The Labute approximate surface area is 157 Å². The van der Waals surface area contributed by atoms with E-state index in [1.54, 1.807) is 6.07 Å². The molecule has 1 N–H and O–H groups in total. The highest BCUT2D eigenvalue weighted by atomic mass is 35.5. The number of aryl methyl sites for hydroxylation is 1. The summed E-state index contributed by atoms with van der Waals surface area (Å²) in [6.45, 7) is 2.05. The minimum atomic E-state index is -0.543. The van der Waals surface area contributed by atoms with Gasteiger partial charge in [-0.25, -0.2) is 0 Å². The van der Waals surface area contributed by atoms with Gasteiger partial charge in [-0.1, -0.05) is 54.9 Å². The van der Waals surface area contributed by atoms with Crippen LogP contribution in [0.25, 0.3) is 0 Å². The van der Waals surface area contributed by atoms with E-state index in [1.165, 1.54) is 0 Å². The van der Waals surface area contributed by atoms with E-state index in [2.05, 4.69) is 24.9 Å². The minimum Gasteiger partial charge on any atom is -0.327 e. The Morgan fingerprint density at radius 2 is 1.92 bits per heavy atom. The van der Waals surface area contributed by atoms with Crippen molar-refractivity contribution >= 4 is 35.8 Å². The summed E-state index contributed by atoms with van der Waals surface area (Å²) in [7, 11) is 0. The SMILES string of the molecule is CCc1ccccc1N1C(S)=C(C#N)C(=O)N[C@H]1c1ccccc1Cl. The Hall–Kier alpha value is -2.42. The molecule has 1 amide bonds. The highest BCUT2D eigenvalue weighted by Gasteiger charge is 2.35. The van der Waals surface area contributed by atoms with Gasteiger partial charge >= 0.3 is 0 Å². The number of anilines is 1. The zero-order chi connectivity index (χ0) is 18.0. The van der Waals surface area contributed by atoms with Gasteiger partial charge in [-0.05, 0) is 24.1 Å². The third kappa shape index (κ3) is 3.11. The quantitative estimate of drug-likeness (QED) is 0.797. The topological polar surface area (TPSA) is 56.1 Å². The number of rotatable bonds is 3. The number of para-hydroxylation sites is 1. The molecule has 1 aliphatic heterocycles. The molecule has 4 nitrogen and oxygen atoms in total. The number of amides is 1. The second kappa shape index (κ2) is 7.22. The molecule has 3 rings (SSSR count). The van der Waals surface area contributed by atoms with Crippen LogP contribution in [0.1, 0.15) is 24.2 Å². The first-order valence-electron chi connectivity index (χ1n) is 7.84. The van der Waals surface area contributed by atoms with E-state index in [4.69, 9.17) is 11.6 Å². The lowest BCUT2D eigenvalue weighted by Gasteiger charge is -2.39. The van der Waals surface area contributed by atoms with Gasteiger partial charge in [-0.15, -0.1) is 12.6 Å². The molecule has 0 radical (unpaired) electrons. The molecule has 1 heterocycles. The number of hydrogen-bond donors (Lipinski definition) is 2. The molecule has 25 heavy (non-hydrogen) atoms. The molecule has 6 heteroatoms. The maximum absolute atomic E-state index is 12.4. The molecule has 0 spiro atoms. The molecule has 2 aromatic carbocycles. The normalized spacial score (nSPS) is 17.3. The van der Waals surface area contributed by atoms with Crippen molar-refractivity contribution < 1.29 is 4.79 Å². The van der Waals surface area contributed by atoms with E-state index < -0.39 is 12.1 Å². The van der Waals surface area contributed by atoms with Crippen LogP contribution in [-0.4, -0.2) is 5.91 Å². The van der Waals surface area contributed by atoms with E-state index in [9.17, 15) is 10.1 Å². The zero-order valence-corrected chi connectivity index (χ0v) is 15.2. The van der Waals surface area contributed by atoms with Crippen molar-refractivity contribution in [2.24, 2.45) is 0 Å². The average Bonchev–Trinajstić information content (AvgIpc) is 2.62. The predicted molar refractivity (Wildman–Crippen MR) is 102 cm³/mol. The lowest BCUT2D eigenvalue weighted by atomic mass is 10.0. The van der Waals surface area contributed by atoms with Crippen LogP contribution in [0.5, 0.6) is 0 Å². The Morgan fingerprint density at radius 3 is 2.60 bits per heavy atom. The number of halogens is 1. The van der Waals surface area contributed by atoms with Crippen molar-refractivity contribution in [3.8, 4) is 6.07 Å². The summed E-state index contributed by atoms with van der Waals surface area (Å²) in [5, 5.41) is 13.1. The summed E-state index contributed by atoms with van der Waals surface area (Å²) in [5.74, 6) is -0.456. The fourth-order valence-electron chi connectivity index (χ4n) is 2.92. The molecule has 126 valence electrons. The molecule has 0 aliphatic carbocycles. The van der Waals surface area contributed by atoms with Gasteiger partial charge in [-0.3, -0.25) is 4.79 Å². The van der Waals surface area contributed by atoms with E-state index >= 15 is 0 Å². The summed E-state index contributed by atoms with van der Waals surface area (Å²) in [6, 6.07) is 17.1. The molecule has 1 atom stereocenters. The predicted octanol–water partition coefficient (Wildman–Crippen LogP) is 4.20. The number of nitrogens with zero attached hydrogens (tertiary/aromatic N) is 2. The summed E-state index contributed by atoms with van der Waals surface area (Å²) >= 11 is 10.9. The molecule has 0 aromatic heterocycles. The molecule has 0 fully saturated rings. The van der Waals surface area contributed by atoms with Crippen LogP contribution in [-0.2, 0) is 11.2 Å². The third-order valence-electron chi connectivity index (χ3n) is 4.15. The van der Waals surface area contributed by atoms with Gasteiger partial charge in [-0.2, -0.15) is 5.26 Å². The fourth-order valence-corrected chi connectivity index (χ4v) is 3.53. The van der Waals surface area contributed by atoms with Crippen molar-refractivity contribution in [2.75, 3.05) is 4.90 Å². The van der Waals surface area contributed by atoms with Gasteiger partial charge < -0.3 is 10.2 Å². The standard InChI is InChI=1S/C19H16ClN3OS/c1-2-12-7-3-6-10-16(12)23-17(13-8-4-5-9-15(13)20)22-18(24)14(11-21)19(23)25/h3-10,17,25H,2H2,1H3,(H,22,24)/t17-/m1/s1. The third-order valence-corrected chi connectivity index (χ3v) is 4.93. The van der Waals surface area contributed by atoms with Crippen molar-refractivity contribution in [2.45, 2.75) is 19.5 Å². The first kappa shape index (κ1) is 17.4. The van der Waals surface area contributed by atoms with Gasteiger partial charge in [0, 0.05) is 16.3 Å². The molecule has 0 saturated carbocycles. The first-order chi connectivity index (χ1) is 12.1. The second-order valence-corrected chi connectivity index (χ2v) is 6.39. The number of carbonyl (C=O) groups is 1. The molecule has 0 bridgehead atoms. The van der Waals surface area contributed by atoms with Gasteiger partial charge in [0.15, 0.2) is 0 Å². The van der Waals surface area contributed by atoms with Crippen LogP contribution < -0.4 is 10.2 Å². The fraction of sp³-hybridized carbons (Fsp3) is 0.158. The molecule has 1 aliphatic rings. The second-order valence-electron chi connectivity index (χ2n) is 5.56. The Morgan fingerprint density at radius 1 is 1.24 bits per heavy atom. The maximum atomic E-state index is 12.4. The van der Waals surface area contributed by atoms with Gasteiger partial charge in [0.05, 0.1) is 5.03 Å². The van der Waals surface area contributed by atoms with E-state index in [1.807, 2.05) is 53.4 Å². The average molecular weight is 370 g/mol. The minimum absolute atomic E-state index is 0.0162. The summed E-state index contributed by atoms with van der Waals surface area (Å²) in [5.41, 5.74) is 2.69. The van der Waals surface area contributed by atoms with Crippen molar-refractivity contribution in [3.63, 3.8) is 0 Å². The number of thiol groups is 1. The molecule has 0 unspecified atom stereocenters. The highest BCUT2D eigenvalue weighted by Crippen LogP contribution is 2.39. The van der Waals surface area contributed by atoms with Crippen LogP contribution >= 0.6 is 24.2 Å². The maximum Gasteiger partial charge on any atom is 0.266 e. The van der Waals surface area contributed by atoms with E-state index in [0.717, 1.165) is 23.2 Å². The Balaban J connectivity index is 2.24. The van der Waals surface area contributed by atoms with Crippen molar-refractivity contribution in [1.29, 1.82) is 5.26 Å². The van der Waals surface area contributed by atoms with Crippen LogP contribution in [0.2, 0.25) is 5.02 Å². The molecular formula is C19H16ClN3OS. The zero-order valence-electron chi connectivity index (χ0n) is 13.5. The summed E-state index contributed by atoms with van der Waals surface area (Å²) in [6.07, 6.45) is 0.261. The van der Waals surface area contributed by atoms with Crippen LogP contribution in [0.4, 0.5) is 5.69 Å². The van der Waals surface area contributed by atoms with Crippen LogP contribution in [0, 0.1) is 11.3 Å². The van der Waals surface area contributed by atoms with Crippen molar-refractivity contribution in [1.82, 2.24) is 5.32 Å². The molecule has 2 aromatic rings. The van der Waals surface area contributed by atoms with Crippen LogP contribution in [0.15, 0.2) is 59.1 Å². The highest BCUT2D eigenvalue weighted by molar-refractivity contribution is 7.84. The van der Waals surface area contributed by atoms with E-state index in [0.29, 0.717) is 10.1 Å². The van der Waals surface area contributed by atoms with Gasteiger partial charge in [0.25, 0.3) is 5.91 Å². The Kier molecular flexibility index (Phi) is 5.03. The lowest BCUT2D eigenvalue weighted by Crippen LogP contribution is -2.46. The first-order valence-corrected chi connectivity index (χ1v) is 8.66. The smallest absolute Gasteiger partial charge is 0.266 e. The van der Waals surface area contributed by atoms with Crippen LogP contribution in [0.3, 0.4) is 0 Å². The monoisotopic (exact) mass is 369 g/mol. The summed E-state index contributed by atoms with van der Waals surface area (Å²) in [4.78, 5) is 14.2. The van der Waals surface area contributed by atoms with Gasteiger partial charge in [0.2, 0.25) is 0 Å². The largest absolute Gasteiger partial charge is 0.327 e. The number of benzene rings is 2. The molecule has 0 saturated heterocycles. The van der Waals surface area contributed by atoms with Gasteiger partial charge in [0.1, 0.15) is 17.8 Å². The number of nitrogens with one attached hydrogen (secondary N) is 1. The number of hydrogen-bond acceptors (Lipinski definition) is 4. The molecular weight excluding hydrogens is 354 g/mol. The van der Waals surface area contributed by atoms with E-state index in [-0.39, 0.29) is 5.57 Å². The summed E-state index contributed by atoms with van der Waals surface area (Å²) < 4.78 is 0.